The van der Waals surface area contributed by atoms with Crippen molar-refractivity contribution in [2.24, 2.45) is 0 Å². The molecule has 1 N–H and O–H groups in total. The Morgan fingerprint density at radius 1 is 1.50 bits per heavy atom. The quantitative estimate of drug-likeness (QED) is 0.592. The van der Waals surface area contributed by atoms with Crippen molar-refractivity contribution < 1.29 is 24.2 Å². The molecule has 2 saturated heterocycles. The maximum absolute atomic E-state index is 11.8. The summed E-state index contributed by atoms with van der Waals surface area (Å²) in [5, 5.41) is 17.3. The third-order valence-corrected chi connectivity index (χ3v) is 5.91. The minimum Gasteiger partial charge on any atom is -0.480 e. The van der Waals surface area contributed by atoms with Crippen molar-refractivity contribution in [3.05, 3.63) is 11.4 Å². The second-order valence-electron chi connectivity index (χ2n) is 6.03. The Labute approximate surface area is 142 Å². The molecule has 1 aromatic rings. The van der Waals surface area contributed by atoms with Crippen molar-refractivity contribution >= 4 is 29.6 Å². The third-order valence-electron chi connectivity index (χ3n) is 4.36. The Bertz CT molecular complexity index is 720. The Morgan fingerprint density at radius 3 is 2.79 bits per heavy atom. The molecule has 2 aliphatic heterocycles. The molecule has 3 atom stereocenters. The molecule has 10 heteroatoms. The lowest BCUT2D eigenvalue weighted by molar-refractivity contribution is -0.157. The standard InChI is InChI=1S/C14H18N4O5S/c1-4-23-13(22)10-7(2)17(16-15-10)6-14(3)11(12(20)21)18-8(19)5-9(18)24-14/h9,11H,4-6H2,1-3H3,(H,20,21). The minimum atomic E-state index is -1.04. The van der Waals surface area contributed by atoms with Crippen LogP contribution in [0.15, 0.2) is 0 Å². The summed E-state index contributed by atoms with van der Waals surface area (Å²) in [6, 6.07) is -0.927. The summed E-state index contributed by atoms with van der Waals surface area (Å²) in [7, 11) is 0. The first-order valence-electron chi connectivity index (χ1n) is 7.57. The maximum Gasteiger partial charge on any atom is 0.360 e. The van der Waals surface area contributed by atoms with Crippen LogP contribution < -0.4 is 0 Å². The van der Waals surface area contributed by atoms with Gasteiger partial charge < -0.3 is 14.7 Å². The molecule has 0 bridgehead atoms. The van der Waals surface area contributed by atoms with Gasteiger partial charge in [0.15, 0.2) is 5.69 Å². The van der Waals surface area contributed by atoms with Crippen LogP contribution in [-0.2, 0) is 20.9 Å². The number of aromatic nitrogens is 3. The summed E-state index contributed by atoms with van der Waals surface area (Å²) in [5.74, 6) is -1.74. The maximum atomic E-state index is 11.8. The molecule has 2 fully saturated rings. The lowest BCUT2D eigenvalue weighted by Crippen LogP contribution is -2.58. The predicted molar refractivity (Wildman–Crippen MR) is 83.4 cm³/mol. The van der Waals surface area contributed by atoms with Crippen LogP contribution in [0.1, 0.15) is 36.5 Å². The Kier molecular flexibility index (Phi) is 4.02. The van der Waals surface area contributed by atoms with Gasteiger partial charge in [0, 0.05) is 0 Å². The van der Waals surface area contributed by atoms with Crippen molar-refractivity contribution in [1.82, 2.24) is 19.9 Å². The van der Waals surface area contributed by atoms with E-state index in [-0.39, 0.29) is 30.1 Å². The van der Waals surface area contributed by atoms with Crippen molar-refractivity contribution in [2.75, 3.05) is 6.61 Å². The number of fused-ring (bicyclic) bond motifs is 1. The van der Waals surface area contributed by atoms with Crippen LogP contribution in [0.5, 0.6) is 0 Å². The van der Waals surface area contributed by atoms with Crippen LogP contribution in [0.2, 0.25) is 0 Å². The normalized spacial score (nSPS) is 28.5. The van der Waals surface area contributed by atoms with E-state index in [4.69, 9.17) is 4.74 Å². The van der Waals surface area contributed by atoms with Crippen molar-refractivity contribution in [2.45, 2.75) is 49.9 Å². The summed E-state index contributed by atoms with van der Waals surface area (Å²) in [6.45, 7) is 5.65. The lowest BCUT2D eigenvalue weighted by Gasteiger charge is -2.36. The molecule has 2 aliphatic rings. The molecule has 130 valence electrons. The zero-order chi connectivity index (χ0) is 17.6. The van der Waals surface area contributed by atoms with Gasteiger partial charge in [0.25, 0.3) is 0 Å². The van der Waals surface area contributed by atoms with Gasteiger partial charge in [0.1, 0.15) is 6.04 Å². The first-order chi connectivity index (χ1) is 11.3. The smallest absolute Gasteiger partial charge is 0.360 e. The number of hydrogen-bond acceptors (Lipinski definition) is 7. The minimum absolute atomic E-state index is 0.114. The SMILES string of the molecule is CCOC(=O)c1nnn(CC2(C)SC3CC(=O)N3C2C(=O)O)c1C. The molecule has 0 spiro atoms. The van der Waals surface area contributed by atoms with E-state index in [0.29, 0.717) is 12.1 Å². The number of esters is 1. The fourth-order valence-corrected chi connectivity index (χ4v) is 4.92. The number of β-lactam (4-membered cyclic amide) rings is 1. The van der Waals surface area contributed by atoms with Crippen LogP contribution in [0.25, 0.3) is 0 Å². The highest BCUT2D eigenvalue weighted by molar-refractivity contribution is 8.01. The van der Waals surface area contributed by atoms with Gasteiger partial charge in [-0.05, 0) is 20.8 Å². The summed E-state index contributed by atoms with van der Waals surface area (Å²) in [4.78, 5) is 36.7. The average molecular weight is 354 g/mol. The van der Waals surface area contributed by atoms with E-state index in [1.807, 2.05) is 0 Å². The summed E-state index contributed by atoms with van der Waals surface area (Å²) < 4.78 is 5.68. The van der Waals surface area contributed by atoms with E-state index in [1.165, 1.54) is 21.3 Å². The molecule has 1 amide bonds. The second-order valence-corrected chi connectivity index (χ2v) is 7.75. The molecule has 0 saturated carbocycles. The molecule has 3 unspecified atom stereocenters. The van der Waals surface area contributed by atoms with Crippen molar-refractivity contribution in [1.29, 1.82) is 0 Å². The van der Waals surface area contributed by atoms with Gasteiger partial charge in [-0.3, -0.25) is 4.79 Å². The molecule has 24 heavy (non-hydrogen) atoms. The molecule has 9 nitrogen and oxygen atoms in total. The summed E-state index contributed by atoms with van der Waals surface area (Å²) in [5.41, 5.74) is 0.634. The van der Waals surface area contributed by atoms with Gasteiger partial charge in [-0.15, -0.1) is 16.9 Å². The van der Waals surface area contributed by atoms with E-state index >= 15 is 0 Å². The topological polar surface area (TPSA) is 115 Å². The van der Waals surface area contributed by atoms with Crippen LogP contribution in [0.4, 0.5) is 0 Å². The predicted octanol–water partition coefficient (Wildman–Crippen LogP) is 0.280. The zero-order valence-corrected chi connectivity index (χ0v) is 14.4. The highest BCUT2D eigenvalue weighted by Crippen LogP contribution is 2.51. The van der Waals surface area contributed by atoms with Crippen molar-refractivity contribution in [3.63, 3.8) is 0 Å². The second kappa shape index (κ2) is 5.76. The number of carboxylic acid groups (broad SMARTS) is 1. The van der Waals surface area contributed by atoms with Gasteiger partial charge in [0.05, 0.1) is 35.4 Å². The number of hydrogen-bond donors (Lipinski definition) is 1. The van der Waals surface area contributed by atoms with Gasteiger partial charge >= 0.3 is 11.9 Å². The fourth-order valence-electron chi connectivity index (χ4n) is 3.18. The van der Waals surface area contributed by atoms with E-state index < -0.39 is 22.7 Å². The van der Waals surface area contributed by atoms with Gasteiger partial charge in [-0.2, -0.15) is 0 Å². The van der Waals surface area contributed by atoms with E-state index in [9.17, 15) is 19.5 Å². The number of aliphatic carboxylic acids is 1. The number of carbonyl (C=O) groups is 3. The number of nitrogens with zero attached hydrogens (tertiary/aromatic N) is 4. The number of ether oxygens (including phenoxy) is 1. The van der Waals surface area contributed by atoms with Gasteiger partial charge in [0.2, 0.25) is 5.91 Å². The highest BCUT2D eigenvalue weighted by atomic mass is 32.2. The van der Waals surface area contributed by atoms with Gasteiger partial charge in [-0.25, -0.2) is 14.3 Å². The molecule has 0 radical (unpaired) electrons. The van der Waals surface area contributed by atoms with Crippen LogP contribution in [0.3, 0.4) is 0 Å². The zero-order valence-electron chi connectivity index (χ0n) is 13.6. The Hall–Kier alpha value is -2.10. The number of amides is 1. The molecular weight excluding hydrogens is 336 g/mol. The first kappa shape index (κ1) is 16.7. The lowest BCUT2D eigenvalue weighted by atomic mass is 9.96. The molecular formula is C14H18N4O5S. The first-order valence-corrected chi connectivity index (χ1v) is 8.45. The molecule has 3 rings (SSSR count). The number of carboxylic acids is 1. The third kappa shape index (κ3) is 2.45. The molecule has 3 heterocycles. The Morgan fingerprint density at radius 2 is 2.21 bits per heavy atom. The van der Waals surface area contributed by atoms with Crippen LogP contribution >= 0.6 is 11.8 Å². The van der Waals surface area contributed by atoms with Crippen LogP contribution in [-0.4, -0.2) is 65.6 Å². The van der Waals surface area contributed by atoms with Gasteiger partial charge in [-0.1, -0.05) is 5.21 Å². The molecule has 0 aliphatic carbocycles. The highest BCUT2D eigenvalue weighted by Gasteiger charge is 2.60. The summed E-state index contributed by atoms with van der Waals surface area (Å²) in [6.07, 6.45) is 0.356. The number of thioether (sulfide) groups is 1. The molecule has 1 aromatic heterocycles. The number of carbonyl (C=O) groups excluding carboxylic acids is 2. The summed E-state index contributed by atoms with van der Waals surface area (Å²) >= 11 is 1.45. The van der Waals surface area contributed by atoms with Crippen molar-refractivity contribution in [3.8, 4) is 0 Å². The average Bonchev–Trinajstić information content (AvgIpc) is 2.96. The van der Waals surface area contributed by atoms with E-state index in [0.717, 1.165) is 0 Å². The van der Waals surface area contributed by atoms with E-state index in [1.54, 1.807) is 20.8 Å². The van der Waals surface area contributed by atoms with E-state index in [2.05, 4.69) is 10.3 Å². The largest absolute Gasteiger partial charge is 0.480 e. The fraction of sp³-hybridized carbons (Fsp3) is 0.643. The Balaban J connectivity index is 1.86. The number of rotatable bonds is 5. The monoisotopic (exact) mass is 354 g/mol. The molecule has 0 aromatic carbocycles. The van der Waals surface area contributed by atoms with Crippen LogP contribution in [0, 0.1) is 6.92 Å².